The molecule has 0 N–H and O–H groups in total. The summed E-state index contributed by atoms with van der Waals surface area (Å²) in [5, 5.41) is 9.74. The number of aromatic nitrogens is 1. The Labute approximate surface area is 200 Å². The van der Waals surface area contributed by atoms with Gasteiger partial charge >= 0.3 is 0 Å². The standard InChI is InChI=1S/C24H32N4O2S2/c1-4-6-8-14-28-23(30)20(32-24(28)31)15-18-17(3)19(16-25)22(29)27(11-5-2)21(18)26-12-9-7-10-13-26/h15H,4-14H2,1-3H3. The van der Waals surface area contributed by atoms with Gasteiger partial charge in [0.25, 0.3) is 11.5 Å². The van der Waals surface area contributed by atoms with Crippen molar-refractivity contribution in [2.45, 2.75) is 72.3 Å². The number of unbranched alkanes of at least 4 members (excludes halogenated alkanes) is 2. The third-order valence-corrected chi connectivity index (χ3v) is 7.46. The number of nitriles is 1. The third-order valence-electron chi connectivity index (χ3n) is 6.08. The van der Waals surface area contributed by atoms with Gasteiger partial charge in [-0.1, -0.05) is 50.7 Å². The maximum absolute atomic E-state index is 13.2. The lowest BCUT2D eigenvalue weighted by Crippen LogP contribution is -2.37. The highest BCUT2D eigenvalue weighted by Crippen LogP contribution is 2.36. The molecule has 0 atom stereocenters. The Kier molecular flexibility index (Phi) is 8.55. The Morgan fingerprint density at radius 3 is 2.44 bits per heavy atom. The molecule has 172 valence electrons. The Hall–Kier alpha value is -2.11. The summed E-state index contributed by atoms with van der Waals surface area (Å²) in [6, 6.07) is 2.11. The maximum Gasteiger partial charge on any atom is 0.270 e. The highest BCUT2D eigenvalue weighted by molar-refractivity contribution is 8.26. The van der Waals surface area contributed by atoms with Crippen molar-refractivity contribution in [3.05, 3.63) is 31.9 Å². The summed E-state index contributed by atoms with van der Waals surface area (Å²) in [4.78, 5) is 30.8. The van der Waals surface area contributed by atoms with Crippen molar-refractivity contribution >= 4 is 46.1 Å². The van der Waals surface area contributed by atoms with Crippen molar-refractivity contribution in [1.29, 1.82) is 5.26 Å². The number of piperidine rings is 1. The largest absolute Gasteiger partial charge is 0.357 e. The average molecular weight is 473 g/mol. The van der Waals surface area contributed by atoms with Gasteiger partial charge in [-0.25, -0.2) is 0 Å². The number of pyridine rings is 1. The molecule has 0 saturated carbocycles. The normalized spacial score (nSPS) is 18.0. The van der Waals surface area contributed by atoms with E-state index in [0.29, 0.717) is 27.9 Å². The number of nitrogens with zero attached hydrogens (tertiary/aromatic N) is 4. The van der Waals surface area contributed by atoms with Crippen molar-refractivity contribution in [2.75, 3.05) is 24.5 Å². The fourth-order valence-electron chi connectivity index (χ4n) is 4.37. The van der Waals surface area contributed by atoms with Crippen LogP contribution >= 0.6 is 24.0 Å². The summed E-state index contributed by atoms with van der Waals surface area (Å²) in [6.45, 7) is 8.88. The van der Waals surface area contributed by atoms with Crippen molar-refractivity contribution in [1.82, 2.24) is 9.47 Å². The first kappa shape index (κ1) is 24.5. The second-order valence-electron chi connectivity index (χ2n) is 8.39. The molecule has 2 aliphatic heterocycles. The summed E-state index contributed by atoms with van der Waals surface area (Å²) in [5.41, 5.74) is 1.35. The highest BCUT2D eigenvalue weighted by Gasteiger charge is 2.33. The Bertz CT molecular complexity index is 1020. The molecular formula is C24H32N4O2S2. The second kappa shape index (κ2) is 11.2. The molecule has 2 saturated heterocycles. The molecule has 0 aliphatic carbocycles. The van der Waals surface area contributed by atoms with Gasteiger partial charge in [0.1, 0.15) is 21.8 Å². The van der Waals surface area contributed by atoms with Crippen LogP contribution in [0.3, 0.4) is 0 Å². The summed E-state index contributed by atoms with van der Waals surface area (Å²) in [5.74, 6) is 0.760. The van der Waals surface area contributed by atoms with E-state index in [1.54, 1.807) is 9.47 Å². The first-order chi connectivity index (χ1) is 15.4. The first-order valence-electron chi connectivity index (χ1n) is 11.6. The van der Waals surface area contributed by atoms with E-state index in [9.17, 15) is 14.9 Å². The van der Waals surface area contributed by atoms with Gasteiger partial charge in [0.05, 0.1) is 4.91 Å². The van der Waals surface area contributed by atoms with Gasteiger partial charge in [0.2, 0.25) is 0 Å². The monoisotopic (exact) mass is 472 g/mol. The molecule has 2 aliphatic rings. The molecule has 0 unspecified atom stereocenters. The number of hydrogen-bond donors (Lipinski definition) is 0. The van der Waals surface area contributed by atoms with Crippen molar-refractivity contribution in [2.24, 2.45) is 0 Å². The predicted molar refractivity (Wildman–Crippen MR) is 136 cm³/mol. The minimum Gasteiger partial charge on any atom is -0.357 e. The fraction of sp³-hybridized carbons (Fsp3) is 0.583. The predicted octanol–water partition coefficient (Wildman–Crippen LogP) is 4.82. The number of carbonyl (C=O) groups excluding carboxylic acids is 1. The maximum atomic E-state index is 13.2. The van der Waals surface area contributed by atoms with Crippen LogP contribution in [0, 0.1) is 18.3 Å². The average Bonchev–Trinajstić information content (AvgIpc) is 3.05. The molecule has 3 rings (SSSR count). The number of amides is 1. The molecule has 0 bridgehead atoms. The number of anilines is 1. The molecule has 0 spiro atoms. The number of hydrogen-bond acceptors (Lipinski definition) is 6. The van der Waals surface area contributed by atoms with Crippen LogP contribution in [-0.4, -0.2) is 39.3 Å². The zero-order chi connectivity index (χ0) is 23.3. The van der Waals surface area contributed by atoms with Crippen molar-refractivity contribution in [3.8, 4) is 6.07 Å². The minimum absolute atomic E-state index is 0.0770. The van der Waals surface area contributed by atoms with Gasteiger partial charge in [-0.15, -0.1) is 0 Å². The highest BCUT2D eigenvalue weighted by atomic mass is 32.2. The van der Waals surface area contributed by atoms with Crippen LogP contribution in [0.15, 0.2) is 9.70 Å². The van der Waals surface area contributed by atoms with Gasteiger partial charge in [-0.3, -0.25) is 19.1 Å². The van der Waals surface area contributed by atoms with E-state index >= 15 is 0 Å². The van der Waals surface area contributed by atoms with Crippen LogP contribution in [0.1, 0.15) is 75.5 Å². The molecule has 3 heterocycles. The Morgan fingerprint density at radius 1 is 1.09 bits per heavy atom. The quantitative estimate of drug-likeness (QED) is 0.307. The van der Waals surface area contributed by atoms with E-state index < -0.39 is 0 Å². The van der Waals surface area contributed by atoms with E-state index in [2.05, 4.69) is 17.9 Å². The molecule has 8 heteroatoms. The van der Waals surface area contributed by atoms with Crippen LogP contribution in [0.4, 0.5) is 5.82 Å². The van der Waals surface area contributed by atoms with Crippen LogP contribution in [0.2, 0.25) is 0 Å². The minimum atomic E-state index is -0.239. The Morgan fingerprint density at radius 2 is 1.81 bits per heavy atom. The Balaban J connectivity index is 2.13. The molecule has 1 aromatic rings. The van der Waals surface area contributed by atoms with Crippen molar-refractivity contribution in [3.63, 3.8) is 0 Å². The van der Waals surface area contributed by atoms with Gasteiger partial charge in [-0.2, -0.15) is 5.26 Å². The lowest BCUT2D eigenvalue weighted by molar-refractivity contribution is -0.122. The molecule has 1 amide bonds. The van der Waals surface area contributed by atoms with Crippen LogP contribution in [0.25, 0.3) is 6.08 Å². The molecule has 6 nitrogen and oxygen atoms in total. The van der Waals surface area contributed by atoms with Crippen LogP contribution < -0.4 is 10.5 Å². The lowest BCUT2D eigenvalue weighted by atomic mass is 10.0. The van der Waals surface area contributed by atoms with Crippen molar-refractivity contribution < 1.29 is 4.79 Å². The zero-order valence-electron chi connectivity index (χ0n) is 19.3. The van der Waals surface area contributed by atoms with Crippen LogP contribution in [-0.2, 0) is 11.3 Å². The van der Waals surface area contributed by atoms with Crippen LogP contribution in [0.5, 0.6) is 0 Å². The number of thioether (sulfide) groups is 1. The lowest BCUT2D eigenvalue weighted by Gasteiger charge is -2.33. The third kappa shape index (κ3) is 4.94. The number of carbonyl (C=O) groups is 1. The van der Waals surface area contributed by atoms with E-state index in [4.69, 9.17) is 12.2 Å². The van der Waals surface area contributed by atoms with Gasteiger partial charge in [0, 0.05) is 31.7 Å². The van der Waals surface area contributed by atoms with Gasteiger partial charge in [0.15, 0.2) is 0 Å². The van der Waals surface area contributed by atoms with E-state index in [1.165, 1.54) is 18.2 Å². The molecular weight excluding hydrogens is 440 g/mol. The molecule has 0 aromatic carbocycles. The molecule has 1 aromatic heterocycles. The van der Waals surface area contributed by atoms with E-state index in [0.717, 1.165) is 63.0 Å². The fourth-order valence-corrected chi connectivity index (χ4v) is 5.66. The zero-order valence-corrected chi connectivity index (χ0v) is 20.9. The first-order valence-corrected chi connectivity index (χ1v) is 12.8. The topological polar surface area (TPSA) is 69.3 Å². The summed E-state index contributed by atoms with van der Waals surface area (Å²) in [6.07, 6.45) is 9.03. The molecule has 0 radical (unpaired) electrons. The number of thiocarbonyl (C=S) groups is 1. The number of rotatable bonds is 8. The summed E-state index contributed by atoms with van der Waals surface area (Å²) in [7, 11) is 0. The second-order valence-corrected chi connectivity index (χ2v) is 10.1. The summed E-state index contributed by atoms with van der Waals surface area (Å²) < 4.78 is 2.32. The molecule has 32 heavy (non-hydrogen) atoms. The SMILES string of the molecule is CCCCCN1C(=O)C(=Cc2c(C)c(C#N)c(=O)n(CCC)c2N2CCCCC2)SC1=S. The van der Waals surface area contributed by atoms with E-state index in [1.807, 2.05) is 19.9 Å². The summed E-state index contributed by atoms with van der Waals surface area (Å²) >= 11 is 6.81. The van der Waals surface area contributed by atoms with E-state index in [-0.39, 0.29) is 17.0 Å². The smallest absolute Gasteiger partial charge is 0.270 e. The van der Waals surface area contributed by atoms with Gasteiger partial charge in [-0.05, 0) is 50.7 Å². The van der Waals surface area contributed by atoms with Gasteiger partial charge < -0.3 is 4.90 Å². The molecule has 2 fully saturated rings.